The Balaban J connectivity index is 1.65. The molecule has 0 aromatic carbocycles. The zero-order valence-corrected chi connectivity index (χ0v) is 11.7. The van der Waals surface area contributed by atoms with Gasteiger partial charge in [0.05, 0.1) is 17.8 Å². The Morgan fingerprint density at radius 1 is 1.15 bits per heavy atom. The third-order valence-electron chi connectivity index (χ3n) is 4.11. The molecule has 3 rings (SSSR count). The van der Waals surface area contributed by atoms with Crippen LogP contribution in [0.25, 0.3) is 0 Å². The smallest absolute Gasteiger partial charge is 0.0847 e. The average Bonchev–Trinajstić information content (AvgIpc) is 2.97. The fourth-order valence-electron chi connectivity index (χ4n) is 2.94. The molecule has 1 N–H and O–H groups in total. The zero-order chi connectivity index (χ0) is 13.8. The number of hydrogen-bond acceptors (Lipinski definition) is 3. The van der Waals surface area contributed by atoms with Gasteiger partial charge in [0.2, 0.25) is 0 Å². The van der Waals surface area contributed by atoms with E-state index in [4.69, 9.17) is 0 Å². The molecule has 0 amide bonds. The fourth-order valence-corrected chi connectivity index (χ4v) is 2.94. The van der Waals surface area contributed by atoms with Gasteiger partial charge < -0.3 is 5.11 Å². The van der Waals surface area contributed by atoms with E-state index in [0.29, 0.717) is 12.5 Å². The molecule has 0 aliphatic heterocycles. The number of pyridine rings is 1. The van der Waals surface area contributed by atoms with Crippen LogP contribution in [0.5, 0.6) is 0 Å². The van der Waals surface area contributed by atoms with Crippen LogP contribution in [-0.2, 0) is 6.42 Å². The summed E-state index contributed by atoms with van der Waals surface area (Å²) in [6.45, 7) is 0. The Kier molecular flexibility index (Phi) is 4.11. The van der Waals surface area contributed by atoms with Crippen molar-refractivity contribution in [1.82, 2.24) is 14.8 Å². The molecule has 1 atom stereocenters. The van der Waals surface area contributed by atoms with Gasteiger partial charge in [0.1, 0.15) is 0 Å². The highest BCUT2D eigenvalue weighted by molar-refractivity contribution is 5.15. The lowest BCUT2D eigenvalue weighted by Gasteiger charge is -2.21. The van der Waals surface area contributed by atoms with Crippen molar-refractivity contribution < 1.29 is 5.11 Å². The number of rotatable bonds is 4. The van der Waals surface area contributed by atoms with Crippen LogP contribution in [0.15, 0.2) is 36.8 Å². The molecule has 20 heavy (non-hydrogen) atoms. The van der Waals surface area contributed by atoms with Crippen molar-refractivity contribution in [2.45, 2.75) is 50.7 Å². The number of aliphatic hydroxyl groups excluding tert-OH is 1. The van der Waals surface area contributed by atoms with Crippen molar-refractivity contribution in [2.24, 2.45) is 0 Å². The van der Waals surface area contributed by atoms with Crippen LogP contribution in [0.1, 0.15) is 55.5 Å². The first-order valence-electron chi connectivity index (χ1n) is 7.45. The van der Waals surface area contributed by atoms with Crippen molar-refractivity contribution in [1.29, 1.82) is 0 Å². The molecule has 2 aromatic heterocycles. The van der Waals surface area contributed by atoms with Gasteiger partial charge in [-0.05, 0) is 36.6 Å². The quantitative estimate of drug-likeness (QED) is 0.929. The first kappa shape index (κ1) is 13.3. The summed E-state index contributed by atoms with van der Waals surface area (Å²) in [5.41, 5.74) is 1.85. The minimum Gasteiger partial charge on any atom is -0.388 e. The van der Waals surface area contributed by atoms with E-state index < -0.39 is 6.10 Å². The van der Waals surface area contributed by atoms with Gasteiger partial charge in [-0.25, -0.2) is 0 Å². The lowest BCUT2D eigenvalue weighted by atomic mass is 9.96. The molecule has 0 spiro atoms. The molecule has 0 saturated heterocycles. The van der Waals surface area contributed by atoms with Gasteiger partial charge in [-0.15, -0.1) is 0 Å². The molecule has 0 bridgehead atoms. The zero-order valence-electron chi connectivity index (χ0n) is 11.7. The molecule has 1 aliphatic rings. The summed E-state index contributed by atoms with van der Waals surface area (Å²) >= 11 is 0. The SMILES string of the molecule is OC(Cc1ccn(C2CCCCC2)n1)c1ccncc1. The van der Waals surface area contributed by atoms with E-state index in [1.165, 1.54) is 32.1 Å². The summed E-state index contributed by atoms with van der Waals surface area (Å²) in [5, 5.41) is 14.9. The summed E-state index contributed by atoms with van der Waals surface area (Å²) in [7, 11) is 0. The number of hydrogen-bond donors (Lipinski definition) is 1. The van der Waals surface area contributed by atoms with Gasteiger partial charge in [0.15, 0.2) is 0 Å². The van der Waals surface area contributed by atoms with Crippen molar-refractivity contribution in [3.8, 4) is 0 Å². The summed E-state index contributed by atoms with van der Waals surface area (Å²) in [6, 6.07) is 6.28. The normalized spacial score (nSPS) is 18.1. The number of nitrogens with zero attached hydrogens (tertiary/aromatic N) is 3. The van der Waals surface area contributed by atoms with Crippen LogP contribution < -0.4 is 0 Å². The summed E-state index contributed by atoms with van der Waals surface area (Å²) in [4.78, 5) is 3.97. The maximum Gasteiger partial charge on any atom is 0.0847 e. The standard InChI is InChI=1S/C16H21N3O/c20-16(13-6-9-17-10-7-13)12-14-8-11-19(18-14)15-4-2-1-3-5-15/h6-11,15-16,20H,1-5,12H2. The Morgan fingerprint density at radius 2 is 1.90 bits per heavy atom. The molecule has 1 fully saturated rings. The molecular formula is C16H21N3O. The van der Waals surface area contributed by atoms with Gasteiger partial charge in [0, 0.05) is 25.0 Å². The molecule has 1 aliphatic carbocycles. The highest BCUT2D eigenvalue weighted by Crippen LogP contribution is 2.27. The lowest BCUT2D eigenvalue weighted by Crippen LogP contribution is -2.13. The summed E-state index contributed by atoms with van der Waals surface area (Å²) in [5.74, 6) is 0. The Bertz CT molecular complexity index is 532. The van der Waals surface area contributed by atoms with Crippen LogP contribution >= 0.6 is 0 Å². The van der Waals surface area contributed by atoms with Crippen molar-refractivity contribution >= 4 is 0 Å². The second kappa shape index (κ2) is 6.18. The first-order chi connectivity index (χ1) is 9.83. The van der Waals surface area contributed by atoms with E-state index in [1.807, 2.05) is 18.2 Å². The second-order valence-electron chi connectivity index (χ2n) is 5.58. The maximum atomic E-state index is 10.2. The van der Waals surface area contributed by atoms with E-state index in [-0.39, 0.29) is 0 Å². The third-order valence-corrected chi connectivity index (χ3v) is 4.11. The van der Waals surface area contributed by atoms with Gasteiger partial charge in [-0.3, -0.25) is 9.67 Å². The van der Waals surface area contributed by atoms with Crippen molar-refractivity contribution in [3.05, 3.63) is 48.0 Å². The van der Waals surface area contributed by atoms with Crippen LogP contribution in [0, 0.1) is 0 Å². The van der Waals surface area contributed by atoms with Crippen molar-refractivity contribution in [3.63, 3.8) is 0 Å². The van der Waals surface area contributed by atoms with Crippen LogP contribution in [0.4, 0.5) is 0 Å². The fraction of sp³-hybridized carbons (Fsp3) is 0.500. The molecule has 1 unspecified atom stereocenters. The minimum absolute atomic E-state index is 0.507. The van der Waals surface area contributed by atoms with Crippen LogP contribution in [0.2, 0.25) is 0 Å². The second-order valence-corrected chi connectivity index (χ2v) is 5.58. The van der Waals surface area contributed by atoms with Gasteiger partial charge in [-0.1, -0.05) is 19.3 Å². The topological polar surface area (TPSA) is 50.9 Å². The molecule has 0 radical (unpaired) electrons. The van der Waals surface area contributed by atoms with E-state index in [9.17, 15) is 5.11 Å². The third kappa shape index (κ3) is 3.07. The molecule has 2 heterocycles. The highest BCUT2D eigenvalue weighted by Gasteiger charge is 2.17. The van der Waals surface area contributed by atoms with Crippen LogP contribution in [-0.4, -0.2) is 19.9 Å². The molecule has 4 nitrogen and oxygen atoms in total. The van der Waals surface area contributed by atoms with Gasteiger partial charge in [0.25, 0.3) is 0 Å². The maximum absolute atomic E-state index is 10.2. The van der Waals surface area contributed by atoms with E-state index in [0.717, 1.165) is 11.3 Å². The summed E-state index contributed by atoms with van der Waals surface area (Å²) in [6.07, 6.45) is 12.0. The largest absolute Gasteiger partial charge is 0.388 e. The molecular weight excluding hydrogens is 250 g/mol. The number of aliphatic hydroxyl groups is 1. The highest BCUT2D eigenvalue weighted by atomic mass is 16.3. The minimum atomic E-state index is -0.507. The first-order valence-corrected chi connectivity index (χ1v) is 7.45. The Morgan fingerprint density at radius 3 is 2.65 bits per heavy atom. The van der Waals surface area contributed by atoms with E-state index >= 15 is 0 Å². The molecule has 4 heteroatoms. The molecule has 1 saturated carbocycles. The molecule has 106 valence electrons. The van der Waals surface area contributed by atoms with Crippen molar-refractivity contribution in [2.75, 3.05) is 0 Å². The predicted molar refractivity (Wildman–Crippen MR) is 77.2 cm³/mol. The Hall–Kier alpha value is -1.68. The van der Waals surface area contributed by atoms with Crippen LogP contribution in [0.3, 0.4) is 0 Å². The van der Waals surface area contributed by atoms with Gasteiger partial charge in [-0.2, -0.15) is 5.10 Å². The van der Waals surface area contributed by atoms with Gasteiger partial charge >= 0.3 is 0 Å². The predicted octanol–water partition coefficient (Wildman–Crippen LogP) is 3.06. The van der Waals surface area contributed by atoms with E-state index in [2.05, 4.69) is 21.0 Å². The van der Waals surface area contributed by atoms with E-state index in [1.54, 1.807) is 12.4 Å². The average molecular weight is 271 g/mol. The summed E-state index contributed by atoms with van der Waals surface area (Å²) < 4.78 is 2.09. The number of aromatic nitrogens is 3. The lowest BCUT2D eigenvalue weighted by molar-refractivity contribution is 0.176. The monoisotopic (exact) mass is 271 g/mol. The Labute approximate surface area is 119 Å². The molecule has 2 aromatic rings.